The van der Waals surface area contributed by atoms with Crippen LogP contribution >= 0.6 is 0 Å². The van der Waals surface area contributed by atoms with Crippen molar-refractivity contribution in [3.63, 3.8) is 0 Å². The number of esters is 2. The van der Waals surface area contributed by atoms with Crippen molar-refractivity contribution in [2.45, 2.75) is 153 Å². The second-order valence-corrected chi connectivity index (χ2v) is 14.3. The van der Waals surface area contributed by atoms with Gasteiger partial charge in [0.1, 0.15) is 18.7 Å². The average Bonchev–Trinajstić information content (AvgIpc) is 3.10. The predicted octanol–water partition coefficient (Wildman–Crippen LogP) is 7.53. The lowest BCUT2D eigenvalue weighted by Gasteiger charge is -2.42. The zero-order chi connectivity index (χ0) is 34.0. The van der Waals surface area contributed by atoms with Gasteiger partial charge in [0.25, 0.3) is 0 Å². The number of rotatable bonds is 21. The zero-order valence-electron chi connectivity index (χ0n) is 29.5. The fourth-order valence-electron chi connectivity index (χ4n) is 7.73. The highest BCUT2D eigenvalue weighted by Gasteiger charge is 2.38. The minimum atomic E-state index is -0.384. The van der Waals surface area contributed by atoms with Gasteiger partial charge in [-0.15, -0.1) is 0 Å². The molecule has 0 N–H and O–H groups in total. The first-order valence-corrected chi connectivity index (χ1v) is 18.8. The van der Waals surface area contributed by atoms with Crippen LogP contribution in [-0.4, -0.2) is 75.7 Å². The maximum atomic E-state index is 13.0. The molecule has 10 heteroatoms. The summed E-state index contributed by atoms with van der Waals surface area (Å²) in [6.07, 6.45) is 19.7. The van der Waals surface area contributed by atoms with Crippen molar-refractivity contribution in [1.29, 1.82) is 0 Å². The summed E-state index contributed by atoms with van der Waals surface area (Å²) in [6, 6.07) is 0. The normalized spacial score (nSPS) is 30.5. The Morgan fingerprint density at radius 1 is 0.625 bits per heavy atom. The molecule has 0 amide bonds. The second-order valence-electron chi connectivity index (χ2n) is 14.3. The van der Waals surface area contributed by atoms with Crippen molar-refractivity contribution < 1.29 is 47.8 Å². The number of unbranched alkanes of at least 4 members (excludes halogenated alkanes) is 2. The fraction of sp³-hybridized carbons (Fsp3) is 0.842. The van der Waals surface area contributed by atoms with Gasteiger partial charge >= 0.3 is 11.9 Å². The Kier molecular flexibility index (Phi) is 17.8. The molecule has 0 aromatic carbocycles. The van der Waals surface area contributed by atoms with Crippen molar-refractivity contribution in [2.24, 2.45) is 17.8 Å². The van der Waals surface area contributed by atoms with Gasteiger partial charge < -0.3 is 33.3 Å². The van der Waals surface area contributed by atoms with Crippen molar-refractivity contribution >= 4 is 11.9 Å². The SMILES string of the molecule is C=CC(=O)OCCCCOC1CCC(C(=O)OC2CCC3CC(OCOC4CCC(OCCCCOOC(=C)C)CC4)CCC3C2)CC1. The Bertz CT molecular complexity index is 955. The first-order chi connectivity index (χ1) is 23.4. The van der Waals surface area contributed by atoms with Crippen LogP contribution in [0.4, 0.5) is 0 Å². The van der Waals surface area contributed by atoms with E-state index in [4.69, 9.17) is 38.2 Å². The second kappa shape index (κ2) is 22.0. The van der Waals surface area contributed by atoms with Gasteiger partial charge in [0.2, 0.25) is 0 Å². The van der Waals surface area contributed by atoms with Gasteiger partial charge in [-0.2, -0.15) is 4.89 Å². The number of carbonyl (C=O) groups is 2. The Hall–Kier alpha value is -1.98. The molecule has 274 valence electrons. The highest BCUT2D eigenvalue weighted by atomic mass is 17.2. The van der Waals surface area contributed by atoms with Gasteiger partial charge in [-0.1, -0.05) is 13.2 Å². The van der Waals surface area contributed by atoms with Gasteiger partial charge in [-0.3, -0.25) is 4.79 Å². The van der Waals surface area contributed by atoms with E-state index in [2.05, 4.69) is 13.2 Å². The molecule has 4 aliphatic rings. The minimum Gasteiger partial charge on any atom is -0.463 e. The monoisotopic (exact) mass is 678 g/mol. The largest absolute Gasteiger partial charge is 0.463 e. The van der Waals surface area contributed by atoms with Crippen molar-refractivity contribution in [2.75, 3.05) is 33.2 Å². The van der Waals surface area contributed by atoms with Crippen LogP contribution in [0.2, 0.25) is 0 Å². The third kappa shape index (κ3) is 14.5. The smallest absolute Gasteiger partial charge is 0.330 e. The molecule has 0 saturated heterocycles. The van der Waals surface area contributed by atoms with Gasteiger partial charge in [0.05, 0.1) is 43.5 Å². The number of allylic oxidation sites excluding steroid dienone is 1. The van der Waals surface area contributed by atoms with E-state index in [9.17, 15) is 9.59 Å². The number of carbonyl (C=O) groups excluding carboxylic acids is 2. The lowest BCUT2D eigenvalue weighted by Crippen LogP contribution is -2.38. The molecule has 0 aromatic heterocycles. The molecule has 4 fully saturated rings. The van der Waals surface area contributed by atoms with Gasteiger partial charge in [-0.05, 0) is 134 Å². The maximum Gasteiger partial charge on any atom is 0.330 e. The Labute approximate surface area is 288 Å². The van der Waals surface area contributed by atoms with E-state index in [0.29, 0.717) is 50.3 Å². The highest BCUT2D eigenvalue weighted by molar-refractivity contribution is 5.81. The molecule has 0 bridgehead atoms. The van der Waals surface area contributed by atoms with Crippen LogP contribution in [0.5, 0.6) is 0 Å². The summed E-state index contributed by atoms with van der Waals surface area (Å²) in [5, 5.41) is 0. The third-order valence-electron chi connectivity index (χ3n) is 10.5. The van der Waals surface area contributed by atoms with E-state index in [1.807, 2.05) is 0 Å². The number of fused-ring (bicyclic) bond motifs is 1. The molecule has 4 atom stereocenters. The third-order valence-corrected chi connectivity index (χ3v) is 10.5. The van der Waals surface area contributed by atoms with Gasteiger partial charge in [-0.25, -0.2) is 4.79 Å². The van der Waals surface area contributed by atoms with Crippen molar-refractivity contribution in [3.8, 4) is 0 Å². The standard InChI is InChI=1S/C38H62O10/c1-4-37(39)43-23-6-5-21-41-32-13-9-29(10-14-32)38(40)47-36-16-12-30-25-35(15-11-31(30)26-36)45-27-44-34-19-17-33(18-20-34)42-22-7-8-24-46-48-28(2)3/h4,29-36H,1-2,5-27H2,3H3. The fourth-order valence-corrected chi connectivity index (χ4v) is 7.73. The van der Waals surface area contributed by atoms with E-state index >= 15 is 0 Å². The Balaban J connectivity index is 0.987. The molecule has 48 heavy (non-hydrogen) atoms. The summed E-state index contributed by atoms with van der Waals surface area (Å²) in [5.41, 5.74) is 0. The zero-order valence-corrected chi connectivity index (χ0v) is 29.5. The average molecular weight is 679 g/mol. The molecule has 0 spiro atoms. The molecule has 4 rings (SSSR count). The van der Waals surface area contributed by atoms with Crippen LogP contribution in [0, 0.1) is 17.8 Å². The first kappa shape index (κ1) is 38.8. The van der Waals surface area contributed by atoms with Crippen LogP contribution in [0.15, 0.2) is 25.0 Å². The van der Waals surface area contributed by atoms with E-state index < -0.39 is 0 Å². The molecule has 4 aliphatic carbocycles. The summed E-state index contributed by atoms with van der Waals surface area (Å²) < 4.78 is 35.5. The summed E-state index contributed by atoms with van der Waals surface area (Å²) in [4.78, 5) is 34.1. The number of ether oxygens (including phenoxy) is 6. The van der Waals surface area contributed by atoms with Crippen LogP contribution in [0.3, 0.4) is 0 Å². The summed E-state index contributed by atoms with van der Waals surface area (Å²) in [6.45, 7) is 11.5. The van der Waals surface area contributed by atoms with Crippen LogP contribution in [-0.2, 0) is 47.8 Å². The molecule has 0 aromatic rings. The van der Waals surface area contributed by atoms with Crippen LogP contribution in [0.25, 0.3) is 0 Å². The minimum absolute atomic E-state index is 0.00805. The van der Waals surface area contributed by atoms with Gasteiger partial charge in [0, 0.05) is 19.3 Å². The quantitative estimate of drug-likeness (QED) is 0.0230. The van der Waals surface area contributed by atoms with Crippen LogP contribution in [0.1, 0.15) is 122 Å². The van der Waals surface area contributed by atoms with Crippen molar-refractivity contribution in [3.05, 3.63) is 25.0 Å². The van der Waals surface area contributed by atoms with Crippen molar-refractivity contribution in [1.82, 2.24) is 0 Å². The molecular formula is C38H62O10. The first-order valence-electron chi connectivity index (χ1n) is 18.8. The molecule has 0 heterocycles. The van der Waals surface area contributed by atoms with E-state index in [-0.39, 0.29) is 42.3 Å². The molecule has 0 radical (unpaired) electrons. The topological polar surface area (TPSA) is 108 Å². The molecule has 0 aliphatic heterocycles. The Morgan fingerprint density at radius 2 is 1.12 bits per heavy atom. The number of hydrogen-bond donors (Lipinski definition) is 0. The molecule has 10 nitrogen and oxygen atoms in total. The van der Waals surface area contributed by atoms with E-state index in [1.54, 1.807) is 6.92 Å². The summed E-state index contributed by atoms with van der Waals surface area (Å²) in [5.74, 6) is 1.44. The predicted molar refractivity (Wildman–Crippen MR) is 181 cm³/mol. The maximum absolute atomic E-state index is 13.0. The summed E-state index contributed by atoms with van der Waals surface area (Å²) in [7, 11) is 0. The Morgan fingerprint density at radius 3 is 1.75 bits per heavy atom. The molecule has 4 unspecified atom stereocenters. The lowest BCUT2D eigenvalue weighted by atomic mass is 9.69. The van der Waals surface area contributed by atoms with Gasteiger partial charge in [0.15, 0.2) is 0 Å². The lowest BCUT2D eigenvalue weighted by molar-refractivity contribution is -0.261. The highest BCUT2D eigenvalue weighted by Crippen LogP contribution is 2.43. The molecule has 4 saturated carbocycles. The van der Waals surface area contributed by atoms with Crippen LogP contribution < -0.4 is 0 Å². The molecular weight excluding hydrogens is 616 g/mol. The number of hydrogen-bond acceptors (Lipinski definition) is 10. The van der Waals surface area contributed by atoms with E-state index in [0.717, 1.165) is 122 Å². The summed E-state index contributed by atoms with van der Waals surface area (Å²) >= 11 is 0. The van der Waals surface area contributed by atoms with E-state index in [1.165, 1.54) is 6.08 Å².